The van der Waals surface area contributed by atoms with Gasteiger partial charge in [-0.1, -0.05) is 20.8 Å². The summed E-state index contributed by atoms with van der Waals surface area (Å²) in [7, 11) is 1.77. The van der Waals surface area contributed by atoms with Crippen molar-refractivity contribution in [2.45, 2.75) is 40.0 Å². The van der Waals surface area contributed by atoms with Crippen molar-refractivity contribution in [3.63, 3.8) is 0 Å². The number of nitrogens with one attached hydrogen (secondary N) is 1. The van der Waals surface area contributed by atoms with Gasteiger partial charge >= 0.3 is 0 Å². The second-order valence-electron chi connectivity index (χ2n) is 6.78. The van der Waals surface area contributed by atoms with Crippen LogP contribution in [0.1, 0.15) is 40.0 Å². The SMILES string of the molecule is COCCNCC1CC12CC(C)(C)CC2C. The van der Waals surface area contributed by atoms with Gasteiger partial charge in [-0.15, -0.1) is 0 Å². The highest BCUT2D eigenvalue weighted by Gasteiger charge is 2.62. The molecule has 0 aromatic heterocycles. The zero-order valence-corrected chi connectivity index (χ0v) is 11.3. The third-order valence-electron chi connectivity index (χ3n) is 4.80. The van der Waals surface area contributed by atoms with E-state index < -0.39 is 0 Å². The lowest BCUT2D eigenvalue weighted by molar-refractivity contribution is 0.198. The molecule has 16 heavy (non-hydrogen) atoms. The Balaban J connectivity index is 1.77. The highest BCUT2D eigenvalue weighted by atomic mass is 16.5. The topological polar surface area (TPSA) is 21.3 Å². The summed E-state index contributed by atoms with van der Waals surface area (Å²) in [5.41, 5.74) is 1.28. The van der Waals surface area contributed by atoms with Gasteiger partial charge in [-0.2, -0.15) is 0 Å². The molecule has 2 heteroatoms. The number of hydrogen-bond donors (Lipinski definition) is 1. The van der Waals surface area contributed by atoms with E-state index in [2.05, 4.69) is 26.1 Å². The second-order valence-corrected chi connectivity index (χ2v) is 6.78. The Bertz CT molecular complexity index is 251. The average Bonchev–Trinajstić information content (AvgIpc) is 2.79. The Morgan fingerprint density at radius 1 is 1.31 bits per heavy atom. The van der Waals surface area contributed by atoms with Crippen LogP contribution in [0, 0.1) is 22.7 Å². The van der Waals surface area contributed by atoms with Crippen LogP contribution in [0.3, 0.4) is 0 Å². The molecule has 94 valence electrons. The molecule has 0 bridgehead atoms. The fourth-order valence-corrected chi connectivity index (χ4v) is 4.12. The van der Waals surface area contributed by atoms with Crippen LogP contribution in [0.15, 0.2) is 0 Å². The summed E-state index contributed by atoms with van der Waals surface area (Å²) < 4.78 is 5.05. The van der Waals surface area contributed by atoms with Crippen molar-refractivity contribution in [1.29, 1.82) is 0 Å². The van der Waals surface area contributed by atoms with Crippen LogP contribution in [0.25, 0.3) is 0 Å². The highest BCUT2D eigenvalue weighted by Crippen LogP contribution is 2.69. The van der Waals surface area contributed by atoms with Gasteiger partial charge in [-0.25, -0.2) is 0 Å². The molecule has 0 radical (unpaired) electrons. The lowest BCUT2D eigenvalue weighted by Gasteiger charge is -2.17. The van der Waals surface area contributed by atoms with E-state index in [0.29, 0.717) is 10.8 Å². The molecule has 0 aliphatic heterocycles. The van der Waals surface area contributed by atoms with E-state index in [4.69, 9.17) is 4.74 Å². The molecule has 0 saturated heterocycles. The van der Waals surface area contributed by atoms with Crippen LogP contribution in [0.5, 0.6) is 0 Å². The van der Waals surface area contributed by atoms with E-state index >= 15 is 0 Å². The van der Waals surface area contributed by atoms with E-state index in [1.807, 2.05) is 0 Å². The van der Waals surface area contributed by atoms with Gasteiger partial charge in [-0.05, 0) is 48.5 Å². The van der Waals surface area contributed by atoms with Crippen molar-refractivity contribution in [3.05, 3.63) is 0 Å². The predicted molar refractivity (Wildman–Crippen MR) is 67.5 cm³/mol. The van der Waals surface area contributed by atoms with E-state index in [9.17, 15) is 0 Å². The minimum Gasteiger partial charge on any atom is -0.383 e. The molecule has 3 atom stereocenters. The molecule has 0 aromatic rings. The van der Waals surface area contributed by atoms with Gasteiger partial charge < -0.3 is 10.1 Å². The Morgan fingerprint density at radius 3 is 2.62 bits per heavy atom. The Morgan fingerprint density at radius 2 is 2.06 bits per heavy atom. The molecule has 2 aliphatic rings. The maximum atomic E-state index is 5.05. The van der Waals surface area contributed by atoms with E-state index in [-0.39, 0.29) is 0 Å². The Labute approximate surface area is 100 Å². The summed E-state index contributed by atoms with van der Waals surface area (Å²) in [5.74, 6) is 1.86. The summed E-state index contributed by atoms with van der Waals surface area (Å²) in [4.78, 5) is 0. The molecule has 1 N–H and O–H groups in total. The summed E-state index contributed by atoms with van der Waals surface area (Å²) >= 11 is 0. The van der Waals surface area contributed by atoms with Crippen molar-refractivity contribution in [1.82, 2.24) is 5.32 Å². The summed E-state index contributed by atoms with van der Waals surface area (Å²) in [5, 5.41) is 3.52. The van der Waals surface area contributed by atoms with Crippen molar-refractivity contribution in [3.8, 4) is 0 Å². The first-order valence-electron chi connectivity index (χ1n) is 6.70. The van der Waals surface area contributed by atoms with Gasteiger partial charge in [0.25, 0.3) is 0 Å². The molecule has 2 rings (SSSR count). The Kier molecular flexibility index (Phi) is 3.33. The zero-order valence-electron chi connectivity index (χ0n) is 11.3. The maximum Gasteiger partial charge on any atom is 0.0587 e. The van der Waals surface area contributed by atoms with Gasteiger partial charge in [0.05, 0.1) is 6.61 Å². The molecule has 2 fully saturated rings. The van der Waals surface area contributed by atoms with Gasteiger partial charge in [0.15, 0.2) is 0 Å². The average molecular weight is 225 g/mol. The minimum absolute atomic E-state index is 0.584. The summed E-state index contributed by atoms with van der Waals surface area (Å²) in [6.45, 7) is 10.4. The fourth-order valence-electron chi connectivity index (χ4n) is 4.12. The van der Waals surface area contributed by atoms with Crippen molar-refractivity contribution in [2.24, 2.45) is 22.7 Å². The van der Waals surface area contributed by atoms with Crippen molar-refractivity contribution < 1.29 is 4.74 Å². The first kappa shape index (κ1) is 12.4. The van der Waals surface area contributed by atoms with Gasteiger partial charge in [-0.3, -0.25) is 0 Å². The molecule has 2 saturated carbocycles. The van der Waals surface area contributed by atoms with Crippen molar-refractivity contribution >= 4 is 0 Å². The summed E-state index contributed by atoms with van der Waals surface area (Å²) in [6.07, 6.45) is 4.32. The van der Waals surface area contributed by atoms with E-state index in [0.717, 1.165) is 25.0 Å². The molecule has 1 spiro atoms. The molecule has 2 aliphatic carbocycles. The molecule has 0 heterocycles. The third kappa shape index (κ3) is 2.28. The van der Waals surface area contributed by atoms with Crippen LogP contribution in [0.4, 0.5) is 0 Å². The normalized spacial score (nSPS) is 40.5. The third-order valence-corrected chi connectivity index (χ3v) is 4.80. The smallest absolute Gasteiger partial charge is 0.0587 e. The highest BCUT2D eigenvalue weighted by molar-refractivity contribution is 5.12. The van der Waals surface area contributed by atoms with E-state index in [1.54, 1.807) is 7.11 Å². The number of hydrogen-bond acceptors (Lipinski definition) is 2. The molecule has 2 nitrogen and oxygen atoms in total. The van der Waals surface area contributed by atoms with Gasteiger partial charge in [0, 0.05) is 13.7 Å². The maximum absolute atomic E-state index is 5.05. The first-order chi connectivity index (χ1) is 7.50. The molecular formula is C14H27NO. The van der Waals surface area contributed by atoms with Crippen LogP contribution < -0.4 is 5.32 Å². The fraction of sp³-hybridized carbons (Fsp3) is 1.00. The van der Waals surface area contributed by atoms with Crippen LogP contribution in [-0.2, 0) is 4.74 Å². The van der Waals surface area contributed by atoms with Crippen molar-refractivity contribution in [2.75, 3.05) is 26.8 Å². The predicted octanol–water partition coefficient (Wildman–Crippen LogP) is 2.68. The first-order valence-corrected chi connectivity index (χ1v) is 6.70. The summed E-state index contributed by atoms with van der Waals surface area (Å²) in [6, 6.07) is 0. The quantitative estimate of drug-likeness (QED) is 0.726. The minimum atomic E-state index is 0.584. The van der Waals surface area contributed by atoms with Crippen LogP contribution >= 0.6 is 0 Å². The molecular weight excluding hydrogens is 198 g/mol. The number of ether oxygens (including phenoxy) is 1. The van der Waals surface area contributed by atoms with Crippen LogP contribution in [-0.4, -0.2) is 26.8 Å². The largest absolute Gasteiger partial charge is 0.383 e. The Hall–Kier alpha value is -0.0800. The molecule has 3 unspecified atom stereocenters. The van der Waals surface area contributed by atoms with E-state index in [1.165, 1.54) is 25.8 Å². The standard InChI is InChI=1S/C14H27NO/c1-11-7-13(2,3)10-14(11)8-12(14)9-15-5-6-16-4/h11-12,15H,5-10H2,1-4H3. The van der Waals surface area contributed by atoms with Gasteiger partial charge in [0.2, 0.25) is 0 Å². The number of methoxy groups -OCH3 is 1. The monoisotopic (exact) mass is 225 g/mol. The zero-order chi connectivity index (χ0) is 11.8. The lowest BCUT2D eigenvalue weighted by Crippen LogP contribution is -2.24. The van der Waals surface area contributed by atoms with Gasteiger partial charge in [0.1, 0.15) is 0 Å². The number of rotatable bonds is 5. The second kappa shape index (κ2) is 4.30. The lowest BCUT2D eigenvalue weighted by atomic mass is 9.89. The molecule has 0 amide bonds. The van der Waals surface area contributed by atoms with Crippen LogP contribution in [0.2, 0.25) is 0 Å². The molecule has 0 aromatic carbocycles.